The molecule has 2 aromatic rings. The number of aliphatic hydroxyl groups is 1. The highest BCUT2D eigenvalue weighted by Gasteiger charge is 2.16. The molecule has 0 saturated heterocycles. The molecule has 2 rings (SSSR count). The molecule has 1 N–H and O–H groups in total. The van der Waals surface area contributed by atoms with E-state index in [0.29, 0.717) is 5.41 Å². The maximum atomic E-state index is 9.87. The molecule has 1 heterocycles. The van der Waals surface area contributed by atoms with Crippen LogP contribution in [0.15, 0.2) is 60.3 Å². The van der Waals surface area contributed by atoms with Gasteiger partial charge in [0.25, 0.3) is 0 Å². The molecular weight excluding hydrogens is 378 g/mol. The van der Waals surface area contributed by atoms with Gasteiger partial charge in [0.2, 0.25) is 0 Å². The topological polar surface area (TPSA) is 33.1 Å². The quantitative estimate of drug-likeness (QED) is 0.366. The molecule has 1 aromatic heterocycles. The molecule has 0 amide bonds. The van der Waals surface area contributed by atoms with Crippen molar-refractivity contribution in [3.8, 4) is 11.3 Å². The van der Waals surface area contributed by atoms with Crippen LogP contribution in [-0.4, -0.2) is 10.1 Å². The Morgan fingerprint density at radius 2 is 1.68 bits per heavy atom. The highest BCUT2D eigenvalue weighted by molar-refractivity contribution is 5.59. The van der Waals surface area contributed by atoms with Gasteiger partial charge in [-0.15, -0.1) is 0 Å². The Morgan fingerprint density at radius 1 is 0.968 bits per heavy atom. The molecule has 1 aromatic carbocycles. The van der Waals surface area contributed by atoms with Crippen LogP contribution in [0.25, 0.3) is 11.3 Å². The van der Waals surface area contributed by atoms with E-state index in [0.717, 1.165) is 29.7 Å². The minimum Gasteiger partial charge on any atom is -0.388 e. The van der Waals surface area contributed by atoms with Gasteiger partial charge in [-0.25, -0.2) is 0 Å². The zero-order chi connectivity index (χ0) is 23.1. The molecule has 0 radical (unpaired) electrons. The van der Waals surface area contributed by atoms with E-state index in [1.807, 2.05) is 42.5 Å². The Labute approximate surface area is 191 Å². The van der Waals surface area contributed by atoms with Crippen molar-refractivity contribution in [2.75, 3.05) is 0 Å². The molecule has 0 aliphatic rings. The van der Waals surface area contributed by atoms with Crippen molar-refractivity contribution in [3.05, 3.63) is 65.9 Å². The average molecular weight is 424 g/mol. The smallest absolute Gasteiger partial charge is 0.0790 e. The molecule has 1 atom stereocenters. The van der Waals surface area contributed by atoms with Crippen LogP contribution in [0.4, 0.5) is 0 Å². The summed E-state index contributed by atoms with van der Waals surface area (Å²) in [7, 11) is 0. The largest absolute Gasteiger partial charge is 0.388 e. The molecule has 1 unspecified atom stereocenters. The van der Waals surface area contributed by atoms with Crippen LogP contribution in [0.1, 0.15) is 105 Å². The summed E-state index contributed by atoms with van der Waals surface area (Å²) in [6.07, 6.45) is 13.4. The number of hydrogen-bond acceptors (Lipinski definition) is 2. The first-order chi connectivity index (χ1) is 14.9. The van der Waals surface area contributed by atoms with E-state index in [9.17, 15) is 5.11 Å². The van der Waals surface area contributed by atoms with Gasteiger partial charge in [-0.05, 0) is 48.8 Å². The number of unbranched alkanes of at least 4 members (excludes halogenated alkanes) is 1. The third-order valence-electron chi connectivity index (χ3n) is 5.77. The standard InChI is InChI=1S/C15H17NO.C14H28/c1-2-5-15(17)13-9-7-12(8-10-13)14-6-3-4-11-16-14;1-6-9-11-13(10-7-2)12-14(4,5)8-3/h3-4,6-11,15,17H,2,5H2,1H3;11H,6-10,12H2,1-5H3/b;13-11+. The summed E-state index contributed by atoms with van der Waals surface area (Å²) in [5, 5.41) is 9.87. The predicted octanol–water partition coefficient (Wildman–Crippen LogP) is 8.92. The van der Waals surface area contributed by atoms with E-state index in [4.69, 9.17) is 0 Å². The molecule has 0 spiro atoms. The summed E-state index contributed by atoms with van der Waals surface area (Å²) >= 11 is 0. The normalized spacial score (nSPS) is 12.8. The van der Waals surface area contributed by atoms with Gasteiger partial charge in [0.15, 0.2) is 0 Å². The van der Waals surface area contributed by atoms with Crippen molar-refractivity contribution in [1.82, 2.24) is 4.98 Å². The molecule has 0 aliphatic heterocycles. The summed E-state index contributed by atoms with van der Waals surface area (Å²) < 4.78 is 0. The van der Waals surface area contributed by atoms with E-state index in [2.05, 4.69) is 52.6 Å². The van der Waals surface area contributed by atoms with Gasteiger partial charge in [-0.2, -0.15) is 0 Å². The van der Waals surface area contributed by atoms with E-state index in [1.165, 1.54) is 38.5 Å². The fourth-order valence-electron chi connectivity index (χ4n) is 3.52. The zero-order valence-electron chi connectivity index (χ0n) is 20.8. The molecule has 0 fully saturated rings. The second-order valence-corrected chi connectivity index (χ2v) is 9.24. The van der Waals surface area contributed by atoms with Crippen LogP contribution < -0.4 is 0 Å². The van der Waals surface area contributed by atoms with Crippen LogP contribution in [0, 0.1) is 5.41 Å². The molecule has 31 heavy (non-hydrogen) atoms. The summed E-state index contributed by atoms with van der Waals surface area (Å²) in [6, 6.07) is 13.8. The predicted molar refractivity (Wildman–Crippen MR) is 136 cm³/mol. The highest BCUT2D eigenvalue weighted by Crippen LogP contribution is 2.30. The number of nitrogens with zero attached hydrogens (tertiary/aromatic N) is 1. The maximum absolute atomic E-state index is 9.87. The zero-order valence-corrected chi connectivity index (χ0v) is 20.8. The van der Waals surface area contributed by atoms with Crippen LogP contribution in [0.5, 0.6) is 0 Å². The second kappa shape index (κ2) is 15.0. The van der Waals surface area contributed by atoms with Crippen molar-refractivity contribution in [3.63, 3.8) is 0 Å². The number of rotatable bonds is 11. The lowest BCUT2D eigenvalue weighted by molar-refractivity contribution is 0.166. The Balaban J connectivity index is 0.000000318. The third kappa shape index (κ3) is 10.8. The molecule has 2 heteroatoms. The molecule has 2 nitrogen and oxygen atoms in total. The lowest BCUT2D eigenvalue weighted by Gasteiger charge is -2.24. The first-order valence-corrected chi connectivity index (χ1v) is 12.2. The fourth-order valence-corrected chi connectivity index (χ4v) is 3.52. The van der Waals surface area contributed by atoms with Gasteiger partial charge in [0.1, 0.15) is 0 Å². The van der Waals surface area contributed by atoms with Crippen LogP contribution in [0.3, 0.4) is 0 Å². The monoisotopic (exact) mass is 423 g/mol. The number of pyridine rings is 1. The number of allylic oxidation sites excluding steroid dienone is 2. The summed E-state index contributed by atoms with van der Waals surface area (Å²) in [4.78, 5) is 4.30. The van der Waals surface area contributed by atoms with Crippen LogP contribution in [0.2, 0.25) is 0 Å². The highest BCUT2D eigenvalue weighted by atomic mass is 16.3. The van der Waals surface area contributed by atoms with Crippen molar-refractivity contribution in [2.45, 2.75) is 99.0 Å². The van der Waals surface area contributed by atoms with Gasteiger partial charge >= 0.3 is 0 Å². The molecular formula is C29H45NO. The first kappa shape index (κ1) is 27.1. The van der Waals surface area contributed by atoms with Crippen molar-refractivity contribution < 1.29 is 5.11 Å². The first-order valence-electron chi connectivity index (χ1n) is 12.2. The van der Waals surface area contributed by atoms with E-state index >= 15 is 0 Å². The van der Waals surface area contributed by atoms with E-state index < -0.39 is 0 Å². The lowest BCUT2D eigenvalue weighted by atomic mass is 9.82. The number of benzene rings is 1. The van der Waals surface area contributed by atoms with Crippen molar-refractivity contribution in [1.29, 1.82) is 0 Å². The summed E-state index contributed by atoms with van der Waals surface area (Å²) in [5.74, 6) is 0. The fraction of sp³-hybridized carbons (Fsp3) is 0.552. The minimum atomic E-state index is -0.349. The summed E-state index contributed by atoms with van der Waals surface area (Å²) in [5.41, 5.74) is 5.20. The van der Waals surface area contributed by atoms with Crippen molar-refractivity contribution >= 4 is 0 Å². The molecule has 0 bridgehead atoms. The number of hydrogen-bond donors (Lipinski definition) is 1. The van der Waals surface area contributed by atoms with Gasteiger partial charge in [0, 0.05) is 11.8 Å². The van der Waals surface area contributed by atoms with E-state index in [1.54, 1.807) is 11.8 Å². The van der Waals surface area contributed by atoms with Gasteiger partial charge in [-0.3, -0.25) is 4.98 Å². The SMILES string of the molecule is CCC/C=C(\CCC)CC(C)(C)CC.CCCC(O)c1ccc(-c2ccccn2)cc1. The molecule has 172 valence electrons. The minimum absolute atomic E-state index is 0.349. The van der Waals surface area contributed by atoms with Gasteiger partial charge in [-0.1, -0.05) is 109 Å². The van der Waals surface area contributed by atoms with Crippen molar-refractivity contribution in [2.24, 2.45) is 5.41 Å². The molecule has 0 saturated carbocycles. The third-order valence-corrected chi connectivity index (χ3v) is 5.77. The summed E-state index contributed by atoms with van der Waals surface area (Å²) in [6.45, 7) is 13.7. The van der Waals surface area contributed by atoms with Gasteiger partial charge < -0.3 is 5.11 Å². The second-order valence-electron chi connectivity index (χ2n) is 9.24. The molecule has 0 aliphatic carbocycles. The van der Waals surface area contributed by atoms with Gasteiger partial charge in [0.05, 0.1) is 11.8 Å². The maximum Gasteiger partial charge on any atom is 0.0790 e. The Morgan fingerprint density at radius 3 is 2.19 bits per heavy atom. The Hall–Kier alpha value is -1.93. The van der Waals surface area contributed by atoms with Crippen LogP contribution in [-0.2, 0) is 0 Å². The number of aromatic nitrogens is 1. The Kier molecular flexibility index (Phi) is 13.1. The Bertz CT molecular complexity index is 731. The van der Waals surface area contributed by atoms with E-state index in [-0.39, 0.29) is 6.10 Å². The number of aliphatic hydroxyl groups excluding tert-OH is 1. The average Bonchev–Trinajstić information content (AvgIpc) is 2.79. The van der Waals surface area contributed by atoms with Crippen LogP contribution >= 0.6 is 0 Å². The lowest BCUT2D eigenvalue weighted by Crippen LogP contribution is -2.10.